The van der Waals surface area contributed by atoms with Crippen LogP contribution in [0, 0.1) is 6.92 Å². The van der Waals surface area contributed by atoms with E-state index in [0.717, 1.165) is 72.0 Å². The standard InChI is InChI=1S/C29H41N5O3S/c1-23-6-2-3-7-24(23)21-33(14-13-31-15-17-37-18-16-31)25-20-26(28(35)32-11-5-9-30-10-12-32)34(22-25)29(36)27-8-4-19-38-27/h2-4,6-8,19,25-26,30H,5,9-18,20-22H2,1H3. The number of amides is 2. The molecule has 38 heavy (non-hydrogen) atoms. The predicted octanol–water partition coefficient (Wildman–Crippen LogP) is 2.30. The Morgan fingerprint density at radius 3 is 2.71 bits per heavy atom. The number of likely N-dealkylation sites (tertiary alicyclic amines) is 1. The molecule has 4 heterocycles. The first-order chi connectivity index (χ1) is 18.6. The van der Waals surface area contributed by atoms with Crippen LogP contribution >= 0.6 is 11.3 Å². The van der Waals surface area contributed by atoms with Crippen molar-refractivity contribution in [2.45, 2.75) is 38.4 Å². The molecule has 1 aromatic heterocycles. The summed E-state index contributed by atoms with van der Waals surface area (Å²) in [4.78, 5) is 37.1. The summed E-state index contributed by atoms with van der Waals surface area (Å²) in [6.45, 7) is 12.1. The summed E-state index contributed by atoms with van der Waals surface area (Å²) in [5, 5.41) is 5.33. The highest BCUT2D eigenvalue weighted by Crippen LogP contribution is 2.29. The lowest BCUT2D eigenvalue weighted by molar-refractivity contribution is -0.135. The molecule has 0 bridgehead atoms. The number of nitrogens with one attached hydrogen (secondary N) is 1. The Labute approximate surface area is 230 Å². The molecular weight excluding hydrogens is 498 g/mol. The number of aryl methyl sites for hydroxylation is 1. The number of hydrogen-bond donors (Lipinski definition) is 1. The van der Waals surface area contributed by atoms with Gasteiger partial charge in [-0.05, 0) is 48.9 Å². The van der Waals surface area contributed by atoms with Crippen molar-refractivity contribution in [3.8, 4) is 0 Å². The van der Waals surface area contributed by atoms with Crippen LogP contribution in [-0.2, 0) is 16.1 Å². The molecule has 2 aromatic rings. The summed E-state index contributed by atoms with van der Waals surface area (Å²) in [6, 6.07) is 12.0. The van der Waals surface area contributed by atoms with E-state index in [2.05, 4.69) is 46.3 Å². The Morgan fingerprint density at radius 1 is 1.08 bits per heavy atom. The Hall–Kier alpha value is -2.30. The van der Waals surface area contributed by atoms with Crippen LogP contribution in [0.3, 0.4) is 0 Å². The fraction of sp³-hybridized carbons (Fsp3) is 0.586. The molecule has 3 saturated heterocycles. The van der Waals surface area contributed by atoms with E-state index in [4.69, 9.17) is 4.74 Å². The van der Waals surface area contributed by atoms with Crippen LogP contribution < -0.4 is 5.32 Å². The molecule has 3 aliphatic rings. The smallest absolute Gasteiger partial charge is 0.264 e. The number of carbonyl (C=O) groups is 2. The van der Waals surface area contributed by atoms with Crippen LogP contribution in [0.4, 0.5) is 0 Å². The normalized spacial score (nSPS) is 23.1. The lowest BCUT2D eigenvalue weighted by atomic mass is 10.1. The van der Waals surface area contributed by atoms with Crippen molar-refractivity contribution in [2.24, 2.45) is 0 Å². The Balaban J connectivity index is 1.38. The highest BCUT2D eigenvalue weighted by Gasteiger charge is 2.43. The number of carbonyl (C=O) groups excluding carboxylic acids is 2. The molecule has 3 aliphatic heterocycles. The van der Waals surface area contributed by atoms with Gasteiger partial charge in [-0.2, -0.15) is 0 Å². The van der Waals surface area contributed by atoms with Crippen molar-refractivity contribution in [1.82, 2.24) is 24.9 Å². The predicted molar refractivity (Wildman–Crippen MR) is 150 cm³/mol. The van der Waals surface area contributed by atoms with Crippen LogP contribution in [0.2, 0.25) is 0 Å². The fourth-order valence-corrected chi connectivity index (χ4v) is 6.53. The van der Waals surface area contributed by atoms with Crippen molar-refractivity contribution in [3.63, 3.8) is 0 Å². The second-order valence-electron chi connectivity index (χ2n) is 10.6. The molecular formula is C29H41N5O3S. The number of morpholine rings is 1. The molecule has 1 N–H and O–H groups in total. The van der Waals surface area contributed by atoms with Crippen molar-refractivity contribution >= 4 is 23.2 Å². The van der Waals surface area contributed by atoms with Gasteiger partial charge in [0.2, 0.25) is 5.91 Å². The van der Waals surface area contributed by atoms with Gasteiger partial charge in [0.1, 0.15) is 6.04 Å². The summed E-state index contributed by atoms with van der Waals surface area (Å²) in [5.74, 6) is 0.0861. The van der Waals surface area contributed by atoms with Crippen LogP contribution in [0.1, 0.15) is 33.6 Å². The molecule has 9 heteroatoms. The summed E-state index contributed by atoms with van der Waals surface area (Å²) >= 11 is 1.46. The Bertz CT molecular complexity index is 1050. The minimum atomic E-state index is -0.421. The topological polar surface area (TPSA) is 68.4 Å². The van der Waals surface area contributed by atoms with Crippen LogP contribution in [0.25, 0.3) is 0 Å². The Morgan fingerprint density at radius 2 is 1.92 bits per heavy atom. The molecule has 0 radical (unpaired) electrons. The lowest BCUT2D eigenvalue weighted by Crippen LogP contribution is -2.48. The van der Waals surface area contributed by atoms with Crippen LogP contribution in [-0.4, -0.2) is 116 Å². The van der Waals surface area contributed by atoms with Gasteiger partial charge in [0.15, 0.2) is 0 Å². The van der Waals surface area contributed by atoms with Gasteiger partial charge in [-0.1, -0.05) is 30.3 Å². The van der Waals surface area contributed by atoms with Gasteiger partial charge in [-0.25, -0.2) is 0 Å². The van der Waals surface area contributed by atoms with Gasteiger partial charge in [-0.15, -0.1) is 11.3 Å². The number of hydrogen-bond acceptors (Lipinski definition) is 7. The minimum Gasteiger partial charge on any atom is -0.379 e. The van der Waals surface area contributed by atoms with E-state index in [9.17, 15) is 9.59 Å². The summed E-state index contributed by atoms with van der Waals surface area (Å²) < 4.78 is 5.56. The zero-order chi connectivity index (χ0) is 26.3. The average Bonchev–Trinajstić information content (AvgIpc) is 3.57. The first kappa shape index (κ1) is 27.3. The van der Waals surface area contributed by atoms with Crippen molar-refractivity contribution in [3.05, 3.63) is 57.8 Å². The van der Waals surface area contributed by atoms with Gasteiger partial charge in [0, 0.05) is 64.9 Å². The molecule has 2 unspecified atom stereocenters. The number of nitrogens with zero attached hydrogens (tertiary/aromatic N) is 4. The van der Waals surface area contributed by atoms with Crippen molar-refractivity contribution in [1.29, 1.82) is 0 Å². The zero-order valence-electron chi connectivity index (χ0n) is 22.5. The minimum absolute atomic E-state index is 0.0159. The van der Waals surface area contributed by atoms with Gasteiger partial charge >= 0.3 is 0 Å². The van der Waals surface area contributed by atoms with Gasteiger partial charge in [0.25, 0.3) is 5.91 Å². The Kier molecular flexibility index (Phi) is 9.45. The quantitative estimate of drug-likeness (QED) is 0.555. The van der Waals surface area contributed by atoms with Crippen LogP contribution in [0.15, 0.2) is 41.8 Å². The second-order valence-corrected chi connectivity index (χ2v) is 11.6. The molecule has 2 atom stereocenters. The lowest BCUT2D eigenvalue weighted by Gasteiger charge is -2.33. The third kappa shape index (κ3) is 6.63. The average molecular weight is 540 g/mol. The maximum Gasteiger partial charge on any atom is 0.264 e. The summed E-state index contributed by atoms with van der Waals surface area (Å²) in [7, 11) is 0. The fourth-order valence-electron chi connectivity index (χ4n) is 5.85. The highest BCUT2D eigenvalue weighted by atomic mass is 32.1. The first-order valence-electron chi connectivity index (χ1n) is 14.0. The van der Waals surface area contributed by atoms with Gasteiger partial charge < -0.3 is 19.9 Å². The van der Waals surface area contributed by atoms with E-state index in [0.29, 0.717) is 24.4 Å². The first-order valence-corrected chi connectivity index (χ1v) is 14.9. The zero-order valence-corrected chi connectivity index (χ0v) is 23.3. The molecule has 0 aliphatic carbocycles. The van der Waals surface area contributed by atoms with E-state index < -0.39 is 6.04 Å². The SMILES string of the molecule is Cc1ccccc1CN(CCN1CCOCC1)C1CC(C(=O)N2CCCNCC2)N(C(=O)c2cccs2)C1. The number of ether oxygens (including phenoxy) is 1. The van der Waals surface area contributed by atoms with E-state index in [1.807, 2.05) is 27.3 Å². The van der Waals surface area contributed by atoms with Gasteiger partial charge in [-0.3, -0.25) is 19.4 Å². The summed E-state index contributed by atoms with van der Waals surface area (Å²) in [6.07, 6.45) is 1.62. The van der Waals surface area contributed by atoms with E-state index in [1.165, 1.54) is 22.5 Å². The number of thiophene rings is 1. The number of benzene rings is 1. The molecule has 5 rings (SSSR count). The number of rotatable bonds is 8. The van der Waals surface area contributed by atoms with Gasteiger partial charge in [0.05, 0.1) is 18.1 Å². The third-order valence-electron chi connectivity index (χ3n) is 8.17. The van der Waals surface area contributed by atoms with Crippen molar-refractivity contribution < 1.29 is 14.3 Å². The highest BCUT2D eigenvalue weighted by molar-refractivity contribution is 7.12. The van der Waals surface area contributed by atoms with E-state index in [-0.39, 0.29) is 17.9 Å². The molecule has 1 aromatic carbocycles. The molecule has 3 fully saturated rings. The molecule has 2 amide bonds. The summed E-state index contributed by atoms with van der Waals surface area (Å²) in [5.41, 5.74) is 2.58. The molecule has 0 saturated carbocycles. The maximum atomic E-state index is 13.9. The monoisotopic (exact) mass is 539 g/mol. The van der Waals surface area contributed by atoms with Crippen molar-refractivity contribution in [2.75, 3.05) is 72.1 Å². The maximum absolute atomic E-state index is 13.9. The van der Waals surface area contributed by atoms with E-state index in [1.54, 1.807) is 0 Å². The van der Waals surface area contributed by atoms with Crippen LogP contribution in [0.5, 0.6) is 0 Å². The second kappa shape index (κ2) is 13.2. The largest absolute Gasteiger partial charge is 0.379 e. The van der Waals surface area contributed by atoms with E-state index >= 15 is 0 Å². The molecule has 0 spiro atoms. The third-order valence-corrected chi connectivity index (χ3v) is 9.02. The molecule has 206 valence electrons. The molecule has 8 nitrogen and oxygen atoms in total.